The highest BCUT2D eigenvalue weighted by atomic mass is 16.5. The first-order chi connectivity index (χ1) is 8.13. The van der Waals surface area contributed by atoms with Crippen LogP contribution in [0.4, 0.5) is 11.4 Å². The lowest BCUT2D eigenvalue weighted by Crippen LogP contribution is -2.25. The summed E-state index contributed by atoms with van der Waals surface area (Å²) in [6.07, 6.45) is 2.35. The van der Waals surface area contributed by atoms with Gasteiger partial charge in [0.15, 0.2) is 0 Å². The third-order valence-electron chi connectivity index (χ3n) is 3.43. The largest absolute Gasteiger partial charge is 0.495 e. The van der Waals surface area contributed by atoms with Crippen LogP contribution in [-0.2, 0) is 0 Å². The Balaban J connectivity index is 2.81. The van der Waals surface area contributed by atoms with Crippen molar-refractivity contribution >= 4 is 11.4 Å². The fraction of sp³-hybridized carbons (Fsp3) is 0.571. The summed E-state index contributed by atoms with van der Waals surface area (Å²) in [4.78, 5) is 0. The molecule has 0 spiro atoms. The molecule has 17 heavy (non-hydrogen) atoms. The second-order valence-corrected chi connectivity index (χ2v) is 4.43. The molecule has 3 heteroatoms. The monoisotopic (exact) mass is 236 g/mol. The van der Waals surface area contributed by atoms with Crippen LogP contribution in [0.1, 0.15) is 33.6 Å². The topological polar surface area (TPSA) is 47.3 Å². The van der Waals surface area contributed by atoms with E-state index < -0.39 is 0 Å². The molecule has 0 aliphatic heterocycles. The van der Waals surface area contributed by atoms with Crippen molar-refractivity contribution in [3.05, 3.63) is 18.2 Å². The average molecular weight is 236 g/mol. The lowest BCUT2D eigenvalue weighted by Gasteiger charge is -2.24. The minimum absolute atomic E-state index is 0.416. The third-order valence-corrected chi connectivity index (χ3v) is 3.43. The molecule has 0 amide bonds. The van der Waals surface area contributed by atoms with Gasteiger partial charge in [0.05, 0.1) is 18.5 Å². The highest BCUT2D eigenvalue weighted by molar-refractivity contribution is 5.73. The predicted molar refractivity (Wildman–Crippen MR) is 74.6 cm³/mol. The van der Waals surface area contributed by atoms with Crippen LogP contribution in [0.25, 0.3) is 0 Å². The number of nitrogens with one attached hydrogen (secondary N) is 1. The second kappa shape index (κ2) is 6.38. The zero-order valence-electron chi connectivity index (χ0n) is 11.3. The molecule has 1 aromatic carbocycles. The summed E-state index contributed by atoms with van der Waals surface area (Å²) in [5.41, 5.74) is 7.69. The Morgan fingerprint density at radius 1 is 1.29 bits per heavy atom. The highest BCUT2D eigenvalue weighted by Crippen LogP contribution is 2.30. The van der Waals surface area contributed by atoms with E-state index in [0.29, 0.717) is 17.6 Å². The van der Waals surface area contributed by atoms with Gasteiger partial charge < -0.3 is 15.8 Å². The van der Waals surface area contributed by atoms with Crippen LogP contribution >= 0.6 is 0 Å². The average Bonchev–Trinajstić information content (AvgIpc) is 2.33. The predicted octanol–water partition coefficient (Wildman–Crippen LogP) is 3.51. The van der Waals surface area contributed by atoms with Gasteiger partial charge in [-0.1, -0.05) is 32.8 Å². The Hall–Kier alpha value is -1.38. The quantitative estimate of drug-likeness (QED) is 0.743. The maximum absolute atomic E-state index is 6.04. The van der Waals surface area contributed by atoms with E-state index in [4.69, 9.17) is 10.5 Å². The molecule has 1 aromatic rings. The van der Waals surface area contributed by atoms with Crippen molar-refractivity contribution in [3.8, 4) is 5.75 Å². The van der Waals surface area contributed by atoms with Crippen LogP contribution in [0.2, 0.25) is 0 Å². The lowest BCUT2D eigenvalue weighted by molar-refractivity contribution is 0.416. The summed E-state index contributed by atoms with van der Waals surface area (Å²) in [6.45, 7) is 6.65. The van der Waals surface area contributed by atoms with Gasteiger partial charge in [0.25, 0.3) is 0 Å². The zero-order valence-corrected chi connectivity index (χ0v) is 11.3. The Morgan fingerprint density at radius 2 is 1.94 bits per heavy atom. The maximum atomic E-state index is 6.04. The first kappa shape index (κ1) is 13.7. The summed E-state index contributed by atoms with van der Waals surface area (Å²) in [7, 11) is 1.64. The summed E-state index contributed by atoms with van der Waals surface area (Å²) in [5.74, 6) is 1.40. The molecule has 0 aliphatic rings. The van der Waals surface area contributed by atoms with E-state index in [1.165, 1.54) is 12.8 Å². The number of para-hydroxylation sites is 1. The first-order valence-corrected chi connectivity index (χ1v) is 6.33. The van der Waals surface area contributed by atoms with E-state index in [-0.39, 0.29) is 0 Å². The first-order valence-electron chi connectivity index (χ1n) is 6.33. The minimum Gasteiger partial charge on any atom is -0.495 e. The molecule has 0 saturated carbocycles. The van der Waals surface area contributed by atoms with Crippen LogP contribution in [0, 0.1) is 5.92 Å². The summed E-state index contributed by atoms with van der Waals surface area (Å²) < 4.78 is 5.22. The van der Waals surface area contributed by atoms with Crippen molar-refractivity contribution in [2.24, 2.45) is 5.92 Å². The van der Waals surface area contributed by atoms with Crippen LogP contribution < -0.4 is 15.8 Å². The van der Waals surface area contributed by atoms with Crippen molar-refractivity contribution < 1.29 is 4.74 Å². The Morgan fingerprint density at radius 3 is 2.47 bits per heavy atom. The van der Waals surface area contributed by atoms with Crippen LogP contribution in [0.3, 0.4) is 0 Å². The Labute approximate surface area is 104 Å². The molecular weight excluding hydrogens is 212 g/mol. The maximum Gasteiger partial charge on any atom is 0.143 e. The number of rotatable bonds is 6. The summed E-state index contributed by atoms with van der Waals surface area (Å²) in [5, 5.41) is 3.48. The molecule has 0 heterocycles. The van der Waals surface area contributed by atoms with Gasteiger partial charge in [0.2, 0.25) is 0 Å². The van der Waals surface area contributed by atoms with Gasteiger partial charge in [-0.25, -0.2) is 0 Å². The molecule has 3 N–H and O–H groups in total. The van der Waals surface area contributed by atoms with Crippen LogP contribution in [0.5, 0.6) is 5.75 Å². The fourth-order valence-corrected chi connectivity index (χ4v) is 2.21. The smallest absolute Gasteiger partial charge is 0.143 e. The van der Waals surface area contributed by atoms with Gasteiger partial charge in [-0.05, 0) is 25.0 Å². The molecule has 0 aromatic heterocycles. The van der Waals surface area contributed by atoms with E-state index in [0.717, 1.165) is 11.4 Å². The number of anilines is 2. The van der Waals surface area contributed by atoms with Crippen molar-refractivity contribution in [2.75, 3.05) is 18.2 Å². The van der Waals surface area contributed by atoms with Crippen molar-refractivity contribution in [1.82, 2.24) is 0 Å². The molecule has 0 aliphatic carbocycles. The summed E-state index contributed by atoms with van der Waals surface area (Å²) >= 11 is 0. The van der Waals surface area contributed by atoms with Crippen LogP contribution in [0.15, 0.2) is 18.2 Å². The summed E-state index contributed by atoms with van der Waals surface area (Å²) in [6, 6.07) is 6.25. The van der Waals surface area contributed by atoms with Crippen LogP contribution in [-0.4, -0.2) is 13.2 Å². The Bertz CT molecular complexity index is 348. The number of hydrogen-bond acceptors (Lipinski definition) is 3. The SMILES string of the molecule is CCC(CC)C(C)Nc1cccc(OC)c1N. The molecule has 1 unspecified atom stereocenters. The second-order valence-electron chi connectivity index (χ2n) is 4.43. The van der Waals surface area contributed by atoms with Crippen molar-refractivity contribution in [2.45, 2.75) is 39.7 Å². The lowest BCUT2D eigenvalue weighted by atomic mass is 9.95. The fourth-order valence-electron chi connectivity index (χ4n) is 2.21. The minimum atomic E-state index is 0.416. The van der Waals surface area contributed by atoms with E-state index >= 15 is 0 Å². The number of benzene rings is 1. The van der Waals surface area contributed by atoms with Gasteiger partial charge in [0.1, 0.15) is 5.75 Å². The molecule has 0 bridgehead atoms. The molecule has 3 nitrogen and oxygen atoms in total. The van der Waals surface area contributed by atoms with Gasteiger partial charge in [-0.15, -0.1) is 0 Å². The molecule has 0 radical (unpaired) electrons. The number of methoxy groups -OCH3 is 1. The van der Waals surface area contributed by atoms with Gasteiger partial charge in [0, 0.05) is 6.04 Å². The molecule has 1 rings (SSSR count). The van der Waals surface area contributed by atoms with Gasteiger partial charge in [-0.2, -0.15) is 0 Å². The van der Waals surface area contributed by atoms with E-state index in [1.54, 1.807) is 7.11 Å². The molecular formula is C14H24N2O. The zero-order chi connectivity index (χ0) is 12.8. The van der Waals surface area contributed by atoms with Crippen molar-refractivity contribution in [3.63, 3.8) is 0 Å². The normalized spacial score (nSPS) is 12.5. The van der Waals surface area contributed by atoms with E-state index in [9.17, 15) is 0 Å². The number of nitrogens with two attached hydrogens (primary N) is 1. The van der Waals surface area contributed by atoms with E-state index in [1.807, 2.05) is 18.2 Å². The van der Waals surface area contributed by atoms with E-state index in [2.05, 4.69) is 26.1 Å². The van der Waals surface area contributed by atoms with Gasteiger partial charge >= 0.3 is 0 Å². The molecule has 96 valence electrons. The third kappa shape index (κ3) is 3.29. The van der Waals surface area contributed by atoms with Crippen molar-refractivity contribution in [1.29, 1.82) is 0 Å². The van der Waals surface area contributed by atoms with Gasteiger partial charge in [-0.3, -0.25) is 0 Å². The number of ether oxygens (including phenoxy) is 1. The molecule has 0 saturated heterocycles. The number of hydrogen-bond donors (Lipinski definition) is 2. The Kier molecular flexibility index (Phi) is 5.13. The molecule has 0 fully saturated rings. The molecule has 1 atom stereocenters. The highest BCUT2D eigenvalue weighted by Gasteiger charge is 2.15. The number of nitrogen functional groups attached to an aromatic ring is 1. The standard InChI is InChI=1S/C14H24N2O/c1-5-11(6-2)10(3)16-12-8-7-9-13(17-4)14(12)15/h7-11,16H,5-6,15H2,1-4H3.